The molecular weight excluding hydrogens is 526 g/mol. The second kappa shape index (κ2) is 8.06. The molecule has 2 aromatic heterocycles. The minimum atomic E-state index is -5.40. The molecule has 1 aliphatic rings. The molecule has 3 aromatic carbocycles. The van der Waals surface area contributed by atoms with Crippen molar-refractivity contribution in [1.29, 1.82) is 5.26 Å². The summed E-state index contributed by atoms with van der Waals surface area (Å²) in [6.07, 6.45) is -3.37. The van der Waals surface area contributed by atoms with Crippen LogP contribution in [0.15, 0.2) is 59.4 Å². The van der Waals surface area contributed by atoms with Crippen molar-refractivity contribution in [2.75, 3.05) is 0 Å². The van der Waals surface area contributed by atoms with Crippen molar-refractivity contribution in [2.24, 2.45) is 0 Å². The van der Waals surface area contributed by atoms with E-state index in [0.717, 1.165) is 31.0 Å². The molecule has 0 aliphatic heterocycles. The van der Waals surface area contributed by atoms with Crippen LogP contribution in [0.3, 0.4) is 0 Å². The molecule has 1 N–H and O–H groups in total. The maximum absolute atomic E-state index is 14.3. The lowest BCUT2D eigenvalue weighted by atomic mass is 9.95. The van der Waals surface area contributed by atoms with Gasteiger partial charge in [0, 0.05) is 22.3 Å². The Morgan fingerprint density at radius 3 is 2.47 bits per heavy atom. The average Bonchev–Trinajstić information content (AvgIpc) is 3.61. The number of nitrogens with zero attached hydrogens (tertiary/aromatic N) is 2. The highest BCUT2D eigenvalue weighted by Gasteiger charge is 2.36. The maximum Gasteiger partial charge on any atom is 0.488 e. The van der Waals surface area contributed by atoms with Crippen LogP contribution in [0.5, 0.6) is 5.75 Å². The van der Waals surface area contributed by atoms with Gasteiger partial charge in [0.25, 0.3) is 0 Å². The lowest BCUT2D eigenvalue weighted by Gasteiger charge is -2.18. The van der Waals surface area contributed by atoms with Crippen molar-refractivity contribution in [2.45, 2.75) is 25.1 Å². The van der Waals surface area contributed by atoms with Gasteiger partial charge in [0.15, 0.2) is 5.43 Å². The van der Waals surface area contributed by atoms with Crippen molar-refractivity contribution < 1.29 is 29.7 Å². The van der Waals surface area contributed by atoms with Crippen LogP contribution in [0.2, 0.25) is 0 Å². The SMILES string of the molecule is N#Cc1ccc2c(c1)[nH]c1c2c(=O)c2cc(C(F)(F)F)c(-c3cccc(OS(=O)(=O)F)c3)cc2n1C1CC1. The number of nitrogens with one attached hydrogen (secondary N) is 1. The second-order valence-electron chi connectivity index (χ2n) is 9.07. The highest BCUT2D eigenvalue weighted by atomic mass is 32.3. The summed E-state index contributed by atoms with van der Waals surface area (Å²) >= 11 is 0. The van der Waals surface area contributed by atoms with Crippen LogP contribution >= 0.6 is 0 Å². The molecule has 2 heterocycles. The molecule has 0 amide bonds. The Morgan fingerprint density at radius 2 is 1.82 bits per heavy atom. The predicted molar refractivity (Wildman–Crippen MR) is 132 cm³/mol. The zero-order chi connectivity index (χ0) is 27.0. The van der Waals surface area contributed by atoms with E-state index in [9.17, 15) is 35.5 Å². The van der Waals surface area contributed by atoms with E-state index in [1.165, 1.54) is 24.3 Å². The van der Waals surface area contributed by atoms with Crippen LogP contribution in [0.25, 0.3) is 44.0 Å². The molecule has 0 saturated heterocycles. The Balaban J connectivity index is 1.72. The minimum absolute atomic E-state index is 0.0694. The van der Waals surface area contributed by atoms with Crippen LogP contribution in [-0.2, 0) is 16.7 Å². The number of pyridine rings is 1. The van der Waals surface area contributed by atoms with E-state index in [2.05, 4.69) is 9.17 Å². The maximum atomic E-state index is 14.3. The molecule has 0 bridgehead atoms. The standard InChI is InChI=1S/C26H15F4N3O4S/c27-26(28,29)20-10-19-22(11-18(20)14-2-1-3-16(9-14)37-38(30,35)36)33(15-5-6-15)25-23(24(19)34)17-7-4-13(12-31)8-21(17)32-25/h1-4,7-11,15,32H,5-6H2. The topological polar surface area (TPSA) is 105 Å². The molecule has 192 valence electrons. The van der Waals surface area contributed by atoms with Gasteiger partial charge in [-0.05, 0) is 60.4 Å². The van der Waals surface area contributed by atoms with Gasteiger partial charge in [0.2, 0.25) is 0 Å². The third-order valence-electron chi connectivity index (χ3n) is 6.57. The molecule has 0 unspecified atom stereocenters. The number of alkyl halides is 3. The van der Waals surface area contributed by atoms with E-state index < -0.39 is 33.4 Å². The lowest BCUT2D eigenvalue weighted by Crippen LogP contribution is -2.14. The van der Waals surface area contributed by atoms with Gasteiger partial charge in [0.1, 0.15) is 11.4 Å². The quantitative estimate of drug-likeness (QED) is 0.218. The number of H-pyrrole nitrogens is 1. The third kappa shape index (κ3) is 3.95. The van der Waals surface area contributed by atoms with E-state index in [-0.39, 0.29) is 33.5 Å². The minimum Gasteiger partial charge on any atom is -0.358 e. The number of hydrogen-bond donors (Lipinski definition) is 1. The Labute approximate surface area is 211 Å². The normalized spacial score (nSPS) is 14.3. The van der Waals surface area contributed by atoms with Gasteiger partial charge in [0.05, 0.1) is 28.1 Å². The molecule has 0 radical (unpaired) electrons. The van der Waals surface area contributed by atoms with E-state index in [1.807, 2.05) is 6.07 Å². The molecular formula is C26H15F4N3O4S. The summed E-state index contributed by atoms with van der Waals surface area (Å²) in [5, 5.41) is 9.85. The first kappa shape index (κ1) is 24.0. The largest absolute Gasteiger partial charge is 0.488 e. The van der Waals surface area contributed by atoms with Gasteiger partial charge in [-0.15, -0.1) is 0 Å². The van der Waals surface area contributed by atoms with Crippen molar-refractivity contribution in [3.63, 3.8) is 0 Å². The third-order valence-corrected chi connectivity index (χ3v) is 6.97. The number of nitriles is 1. The van der Waals surface area contributed by atoms with Gasteiger partial charge in [-0.25, -0.2) is 0 Å². The van der Waals surface area contributed by atoms with E-state index in [1.54, 1.807) is 16.7 Å². The van der Waals surface area contributed by atoms with Gasteiger partial charge in [-0.3, -0.25) is 4.79 Å². The molecule has 0 spiro atoms. The summed E-state index contributed by atoms with van der Waals surface area (Å²) < 4.78 is 83.8. The molecule has 12 heteroatoms. The molecule has 0 atom stereocenters. The fraction of sp³-hybridized carbons (Fsp3) is 0.154. The van der Waals surface area contributed by atoms with Crippen molar-refractivity contribution in [1.82, 2.24) is 9.55 Å². The molecule has 7 nitrogen and oxygen atoms in total. The Bertz CT molecular complexity index is 2020. The first-order valence-electron chi connectivity index (χ1n) is 11.3. The smallest absolute Gasteiger partial charge is 0.358 e. The highest BCUT2D eigenvalue weighted by Crippen LogP contribution is 2.44. The van der Waals surface area contributed by atoms with Gasteiger partial charge >= 0.3 is 16.7 Å². The van der Waals surface area contributed by atoms with Crippen molar-refractivity contribution >= 4 is 43.3 Å². The molecule has 5 aromatic rings. The molecule has 38 heavy (non-hydrogen) atoms. The lowest BCUT2D eigenvalue weighted by molar-refractivity contribution is -0.137. The first-order valence-corrected chi connectivity index (χ1v) is 12.6. The summed E-state index contributed by atoms with van der Waals surface area (Å²) in [6, 6.07) is 13.3. The Morgan fingerprint density at radius 1 is 1.05 bits per heavy atom. The first-order chi connectivity index (χ1) is 17.9. The summed E-state index contributed by atoms with van der Waals surface area (Å²) in [4.78, 5) is 16.8. The number of fused-ring (bicyclic) bond motifs is 4. The summed E-state index contributed by atoms with van der Waals surface area (Å²) in [5.41, 5.74) is -0.567. The van der Waals surface area contributed by atoms with E-state index in [4.69, 9.17) is 0 Å². The van der Waals surface area contributed by atoms with Crippen molar-refractivity contribution in [3.8, 4) is 22.9 Å². The number of hydrogen-bond acceptors (Lipinski definition) is 5. The summed E-state index contributed by atoms with van der Waals surface area (Å²) in [7, 11) is -5.40. The van der Waals surface area contributed by atoms with Gasteiger partial charge in [-0.1, -0.05) is 22.1 Å². The van der Waals surface area contributed by atoms with Gasteiger partial charge < -0.3 is 13.7 Å². The Hall–Kier alpha value is -4.37. The monoisotopic (exact) mass is 541 g/mol. The fourth-order valence-corrected chi connectivity index (χ4v) is 5.24. The van der Waals surface area contributed by atoms with Crippen LogP contribution < -0.4 is 9.61 Å². The number of halogens is 4. The summed E-state index contributed by atoms with van der Waals surface area (Å²) in [6.45, 7) is 0. The van der Waals surface area contributed by atoms with E-state index >= 15 is 0 Å². The van der Waals surface area contributed by atoms with Crippen LogP contribution in [0.1, 0.15) is 30.0 Å². The van der Waals surface area contributed by atoms with Crippen LogP contribution in [0.4, 0.5) is 17.1 Å². The predicted octanol–water partition coefficient (Wildman–Crippen LogP) is 6.12. The molecule has 1 fully saturated rings. The zero-order valence-electron chi connectivity index (χ0n) is 19.1. The number of benzene rings is 3. The van der Waals surface area contributed by atoms with Crippen LogP contribution in [0, 0.1) is 11.3 Å². The molecule has 1 saturated carbocycles. The number of aromatic amines is 1. The summed E-state index contributed by atoms with van der Waals surface area (Å²) in [5.74, 6) is -0.503. The van der Waals surface area contributed by atoms with Gasteiger partial charge in [-0.2, -0.15) is 26.9 Å². The number of aromatic nitrogens is 2. The molecule has 6 rings (SSSR count). The fourth-order valence-electron chi connectivity index (χ4n) is 4.90. The van der Waals surface area contributed by atoms with Crippen molar-refractivity contribution in [3.05, 3.63) is 75.9 Å². The second-order valence-corrected chi connectivity index (χ2v) is 10.0. The zero-order valence-corrected chi connectivity index (χ0v) is 20.0. The highest BCUT2D eigenvalue weighted by molar-refractivity contribution is 7.81. The van der Waals surface area contributed by atoms with Crippen LogP contribution in [-0.4, -0.2) is 18.0 Å². The molecule has 1 aliphatic carbocycles. The average molecular weight is 541 g/mol. The van der Waals surface area contributed by atoms with E-state index in [0.29, 0.717) is 22.1 Å². The number of rotatable bonds is 4. The Kier molecular flexibility index (Phi) is 5.09.